The van der Waals surface area contributed by atoms with Gasteiger partial charge in [0.2, 0.25) is 0 Å². The number of hydrogen-bond acceptors (Lipinski definition) is 2. The van der Waals surface area contributed by atoms with Gasteiger partial charge in [0, 0.05) is 5.92 Å². The average Bonchev–Trinajstić information content (AvgIpc) is 2.40. The lowest BCUT2D eigenvalue weighted by molar-refractivity contribution is 0.167. The maximum atomic E-state index is 11.1. The van der Waals surface area contributed by atoms with E-state index in [2.05, 4.69) is 35.7 Å². The third-order valence-corrected chi connectivity index (χ3v) is 2.81. The zero-order valence-electron chi connectivity index (χ0n) is 9.67. The van der Waals surface area contributed by atoms with Crippen LogP contribution in [0.2, 0.25) is 0 Å². The molecular weight excluding hydrogens is 190 g/mol. The molecule has 0 aromatic heterocycles. The zero-order valence-corrected chi connectivity index (χ0v) is 9.67. The van der Waals surface area contributed by atoms with Gasteiger partial charge in [-0.3, -0.25) is 0 Å². The molecule has 0 heterocycles. The Labute approximate surface area is 91.6 Å². The molecule has 0 bridgehead atoms. The fourth-order valence-electron chi connectivity index (χ4n) is 1.92. The van der Waals surface area contributed by atoms with Gasteiger partial charge < -0.3 is 10.1 Å². The lowest BCUT2D eigenvalue weighted by Crippen LogP contribution is -2.34. The number of ether oxygens (including phenoxy) is 1. The number of rotatable bonds is 2. The molecule has 3 heteroatoms. The number of methoxy groups -OCH3 is 1. The van der Waals surface area contributed by atoms with E-state index in [0.717, 1.165) is 19.3 Å². The summed E-state index contributed by atoms with van der Waals surface area (Å²) in [6, 6.07) is -0.0488. The molecule has 3 atom stereocenters. The van der Waals surface area contributed by atoms with Crippen molar-refractivity contribution >= 4 is 6.09 Å². The van der Waals surface area contributed by atoms with Crippen LogP contribution in [0.1, 0.15) is 33.1 Å². The Morgan fingerprint density at radius 1 is 1.47 bits per heavy atom. The first-order valence-electron chi connectivity index (χ1n) is 5.51. The van der Waals surface area contributed by atoms with Crippen LogP contribution in [0, 0.1) is 23.7 Å². The molecule has 0 saturated heterocycles. The molecule has 1 aliphatic rings. The van der Waals surface area contributed by atoms with Gasteiger partial charge in [0.1, 0.15) is 0 Å². The summed E-state index contributed by atoms with van der Waals surface area (Å²) in [5.74, 6) is 7.33. The van der Waals surface area contributed by atoms with Crippen molar-refractivity contribution < 1.29 is 9.53 Å². The minimum atomic E-state index is -0.390. The van der Waals surface area contributed by atoms with Gasteiger partial charge in [-0.15, -0.1) is 0 Å². The van der Waals surface area contributed by atoms with Gasteiger partial charge in [0.25, 0.3) is 0 Å². The van der Waals surface area contributed by atoms with Gasteiger partial charge in [0.15, 0.2) is 0 Å². The Morgan fingerprint density at radius 3 is 2.80 bits per heavy atom. The van der Waals surface area contributed by atoms with Gasteiger partial charge >= 0.3 is 6.09 Å². The molecule has 0 saturated carbocycles. The highest BCUT2D eigenvalue weighted by Crippen LogP contribution is 2.22. The SMILES string of the molecule is CCC1CC(C)C#CC(NC(=O)OC)C1. The number of carbonyl (C=O) groups is 1. The molecule has 0 radical (unpaired) electrons. The van der Waals surface area contributed by atoms with Crippen LogP contribution in [-0.4, -0.2) is 19.2 Å². The Kier molecular flexibility index (Phi) is 4.48. The highest BCUT2D eigenvalue weighted by molar-refractivity contribution is 5.67. The second kappa shape index (κ2) is 5.65. The fourth-order valence-corrected chi connectivity index (χ4v) is 1.92. The van der Waals surface area contributed by atoms with Crippen LogP contribution in [0.3, 0.4) is 0 Å². The first-order chi connectivity index (χ1) is 7.15. The number of alkyl carbamates (subject to hydrolysis) is 1. The van der Waals surface area contributed by atoms with Gasteiger partial charge in [0.05, 0.1) is 13.2 Å². The third kappa shape index (κ3) is 3.83. The molecule has 0 aromatic carbocycles. The smallest absolute Gasteiger partial charge is 0.407 e. The lowest BCUT2D eigenvalue weighted by Gasteiger charge is -2.18. The molecule has 1 rings (SSSR count). The largest absolute Gasteiger partial charge is 0.453 e. The zero-order chi connectivity index (χ0) is 11.3. The van der Waals surface area contributed by atoms with E-state index < -0.39 is 6.09 Å². The van der Waals surface area contributed by atoms with Crippen molar-refractivity contribution in [3.05, 3.63) is 0 Å². The Hall–Kier alpha value is -1.17. The quantitative estimate of drug-likeness (QED) is 0.708. The van der Waals surface area contributed by atoms with E-state index >= 15 is 0 Å². The second-order valence-electron chi connectivity index (χ2n) is 4.12. The van der Waals surface area contributed by atoms with E-state index in [-0.39, 0.29) is 6.04 Å². The first-order valence-corrected chi connectivity index (χ1v) is 5.51. The molecule has 3 unspecified atom stereocenters. The van der Waals surface area contributed by atoms with Crippen LogP contribution >= 0.6 is 0 Å². The van der Waals surface area contributed by atoms with Gasteiger partial charge in [-0.2, -0.15) is 0 Å². The minimum Gasteiger partial charge on any atom is -0.453 e. The van der Waals surface area contributed by atoms with Crippen LogP contribution in [-0.2, 0) is 4.74 Å². The molecule has 1 amide bonds. The summed E-state index contributed by atoms with van der Waals surface area (Å²) >= 11 is 0. The molecule has 0 aromatic rings. The van der Waals surface area contributed by atoms with Crippen molar-refractivity contribution in [3.8, 4) is 11.8 Å². The number of carbonyl (C=O) groups excluding carboxylic acids is 1. The maximum Gasteiger partial charge on any atom is 0.407 e. The van der Waals surface area contributed by atoms with Crippen LogP contribution in [0.25, 0.3) is 0 Å². The van der Waals surface area contributed by atoms with Crippen molar-refractivity contribution in [1.29, 1.82) is 0 Å². The monoisotopic (exact) mass is 209 g/mol. The maximum absolute atomic E-state index is 11.1. The lowest BCUT2D eigenvalue weighted by atomic mass is 9.91. The summed E-state index contributed by atoms with van der Waals surface area (Å²) in [7, 11) is 1.37. The van der Waals surface area contributed by atoms with Crippen molar-refractivity contribution in [1.82, 2.24) is 5.32 Å². The van der Waals surface area contributed by atoms with Crippen molar-refractivity contribution in [3.63, 3.8) is 0 Å². The van der Waals surface area contributed by atoms with Crippen LogP contribution in [0.15, 0.2) is 0 Å². The molecule has 0 fully saturated rings. The highest BCUT2D eigenvalue weighted by Gasteiger charge is 2.20. The van der Waals surface area contributed by atoms with Crippen molar-refractivity contribution in [2.24, 2.45) is 11.8 Å². The van der Waals surface area contributed by atoms with Gasteiger partial charge in [-0.25, -0.2) is 4.79 Å². The second-order valence-corrected chi connectivity index (χ2v) is 4.12. The predicted octanol–water partition coefficient (Wildman–Crippen LogP) is 2.17. The fraction of sp³-hybridized carbons (Fsp3) is 0.750. The summed E-state index contributed by atoms with van der Waals surface area (Å²) in [6.45, 7) is 4.31. The summed E-state index contributed by atoms with van der Waals surface area (Å²) in [5, 5.41) is 2.76. The minimum absolute atomic E-state index is 0.0488. The summed E-state index contributed by atoms with van der Waals surface area (Å²) < 4.78 is 4.57. The van der Waals surface area contributed by atoms with Crippen molar-refractivity contribution in [2.45, 2.75) is 39.2 Å². The first kappa shape index (κ1) is 11.9. The van der Waals surface area contributed by atoms with E-state index in [4.69, 9.17) is 0 Å². The number of nitrogens with one attached hydrogen (secondary N) is 1. The summed E-state index contributed by atoms with van der Waals surface area (Å²) in [4.78, 5) is 11.1. The van der Waals surface area contributed by atoms with Crippen molar-refractivity contribution in [2.75, 3.05) is 7.11 Å². The molecule has 15 heavy (non-hydrogen) atoms. The number of hydrogen-bond donors (Lipinski definition) is 1. The topological polar surface area (TPSA) is 38.3 Å². The predicted molar refractivity (Wildman–Crippen MR) is 59.3 cm³/mol. The normalized spacial score (nSPS) is 29.7. The summed E-state index contributed by atoms with van der Waals surface area (Å²) in [5.41, 5.74) is 0. The molecule has 84 valence electrons. The Bertz CT molecular complexity index is 277. The van der Waals surface area contributed by atoms with Crippen LogP contribution in [0.4, 0.5) is 4.79 Å². The Balaban J connectivity index is 2.58. The molecular formula is C12H19NO2. The Morgan fingerprint density at radius 2 is 2.20 bits per heavy atom. The highest BCUT2D eigenvalue weighted by atomic mass is 16.5. The van der Waals surface area contributed by atoms with Crippen LogP contribution in [0.5, 0.6) is 0 Å². The van der Waals surface area contributed by atoms with Gasteiger partial charge in [-0.05, 0) is 18.8 Å². The number of amides is 1. The van der Waals surface area contributed by atoms with E-state index in [0.29, 0.717) is 11.8 Å². The molecule has 1 N–H and O–H groups in total. The standard InChI is InChI=1S/C12H19NO2/c1-4-10-7-9(2)5-6-11(8-10)13-12(14)15-3/h9-11H,4,7-8H2,1-3H3,(H,13,14). The third-order valence-electron chi connectivity index (χ3n) is 2.81. The van der Waals surface area contributed by atoms with E-state index in [9.17, 15) is 4.79 Å². The van der Waals surface area contributed by atoms with Gasteiger partial charge in [-0.1, -0.05) is 32.1 Å². The molecule has 0 aliphatic heterocycles. The molecule has 0 spiro atoms. The summed E-state index contributed by atoms with van der Waals surface area (Å²) in [6.07, 6.45) is 2.80. The van der Waals surface area contributed by atoms with E-state index in [1.165, 1.54) is 7.11 Å². The molecule has 3 nitrogen and oxygen atoms in total. The van der Waals surface area contributed by atoms with E-state index in [1.807, 2.05) is 0 Å². The molecule has 1 aliphatic carbocycles. The van der Waals surface area contributed by atoms with E-state index in [1.54, 1.807) is 0 Å². The van der Waals surface area contributed by atoms with Crippen LogP contribution < -0.4 is 5.32 Å². The average molecular weight is 209 g/mol.